The van der Waals surface area contributed by atoms with Crippen LogP contribution < -0.4 is 15.4 Å². The molecule has 3 aromatic carbocycles. The fourth-order valence-corrected chi connectivity index (χ4v) is 5.59. The minimum Gasteiger partial charge on any atom is -0.489 e. The Labute approximate surface area is 269 Å². The summed E-state index contributed by atoms with van der Waals surface area (Å²) in [6, 6.07) is 22.2. The highest BCUT2D eigenvalue weighted by atomic mass is 16.6. The van der Waals surface area contributed by atoms with Gasteiger partial charge in [0.2, 0.25) is 6.10 Å². The highest BCUT2D eigenvalue weighted by Gasteiger charge is 2.35. The van der Waals surface area contributed by atoms with Crippen molar-refractivity contribution in [3.63, 3.8) is 0 Å². The molecule has 2 amide bonds. The Kier molecular flexibility index (Phi) is 10.2. The summed E-state index contributed by atoms with van der Waals surface area (Å²) in [7, 11) is 1.35. The van der Waals surface area contributed by atoms with Crippen LogP contribution in [0.1, 0.15) is 78.7 Å². The Morgan fingerprint density at radius 1 is 0.978 bits per heavy atom. The number of amides is 2. The normalized spacial score (nSPS) is 17.9. The summed E-state index contributed by atoms with van der Waals surface area (Å²) in [6.07, 6.45) is 2.16. The number of aryl methyl sites for hydroxylation is 1. The van der Waals surface area contributed by atoms with E-state index in [1.54, 1.807) is 32.9 Å². The molecule has 0 radical (unpaired) electrons. The molecule has 0 bridgehead atoms. The molecule has 0 saturated heterocycles. The van der Waals surface area contributed by atoms with Crippen molar-refractivity contribution < 1.29 is 33.4 Å². The number of carbonyl (C=O) groups is 3. The first-order chi connectivity index (χ1) is 22.1. The van der Waals surface area contributed by atoms with Gasteiger partial charge >= 0.3 is 12.1 Å². The number of oxime groups is 1. The maximum Gasteiger partial charge on any atom is 0.408 e. The Bertz CT molecular complexity index is 1560. The number of hydrogen-bond acceptors (Lipinski definition) is 8. The van der Waals surface area contributed by atoms with E-state index >= 15 is 0 Å². The van der Waals surface area contributed by atoms with Gasteiger partial charge in [0.05, 0.1) is 30.5 Å². The Morgan fingerprint density at radius 2 is 1.70 bits per heavy atom. The van der Waals surface area contributed by atoms with Gasteiger partial charge in [-0.25, -0.2) is 9.59 Å². The second-order valence-corrected chi connectivity index (χ2v) is 12.6. The maximum absolute atomic E-state index is 13.3. The summed E-state index contributed by atoms with van der Waals surface area (Å²) < 4.78 is 16.2. The predicted octanol–water partition coefficient (Wildman–Crippen LogP) is 5.83. The predicted molar refractivity (Wildman–Crippen MR) is 173 cm³/mol. The van der Waals surface area contributed by atoms with Crippen molar-refractivity contribution in [1.82, 2.24) is 10.6 Å². The van der Waals surface area contributed by atoms with Crippen LogP contribution in [0.25, 0.3) is 0 Å². The number of fused-ring (bicyclic) bond motifs is 1. The van der Waals surface area contributed by atoms with Crippen molar-refractivity contribution in [2.45, 2.75) is 83.3 Å². The zero-order chi connectivity index (χ0) is 32.7. The van der Waals surface area contributed by atoms with Gasteiger partial charge in [0, 0.05) is 6.42 Å². The van der Waals surface area contributed by atoms with Gasteiger partial charge in [-0.3, -0.25) is 4.79 Å². The molecule has 3 aromatic rings. The third kappa shape index (κ3) is 8.65. The summed E-state index contributed by atoms with van der Waals surface area (Å²) in [6.45, 7) is 5.73. The van der Waals surface area contributed by atoms with Crippen LogP contribution in [0.3, 0.4) is 0 Å². The molecule has 5 rings (SSSR count). The molecular weight excluding hydrogens is 586 g/mol. The van der Waals surface area contributed by atoms with Crippen LogP contribution >= 0.6 is 0 Å². The van der Waals surface area contributed by atoms with Gasteiger partial charge in [-0.1, -0.05) is 53.7 Å². The average molecular weight is 628 g/mol. The Balaban J connectivity index is 1.21. The van der Waals surface area contributed by atoms with Crippen molar-refractivity contribution >= 4 is 23.7 Å². The third-order valence-corrected chi connectivity index (χ3v) is 7.91. The zero-order valence-electron chi connectivity index (χ0n) is 26.7. The molecule has 242 valence electrons. The number of alkyl carbamates (subject to hydrolysis) is 1. The zero-order valence-corrected chi connectivity index (χ0v) is 26.7. The smallest absolute Gasteiger partial charge is 0.408 e. The van der Waals surface area contributed by atoms with E-state index in [1.807, 2.05) is 48.5 Å². The Hall–Kier alpha value is -4.86. The largest absolute Gasteiger partial charge is 0.489 e. The molecule has 3 atom stereocenters. The summed E-state index contributed by atoms with van der Waals surface area (Å²) in [4.78, 5) is 43.3. The van der Waals surface area contributed by atoms with Crippen LogP contribution in [-0.2, 0) is 38.6 Å². The number of nitrogens with one attached hydrogen (secondary N) is 2. The van der Waals surface area contributed by atoms with Crippen LogP contribution in [-0.4, -0.2) is 48.5 Å². The summed E-state index contributed by atoms with van der Waals surface area (Å²) in [5, 5.41) is 10.3. The number of ether oxygens (including phenoxy) is 3. The van der Waals surface area contributed by atoms with Crippen LogP contribution in [0.2, 0.25) is 0 Å². The van der Waals surface area contributed by atoms with Crippen LogP contribution in [0.4, 0.5) is 4.79 Å². The van der Waals surface area contributed by atoms with Crippen molar-refractivity contribution in [3.8, 4) is 5.75 Å². The number of nitrogens with zero attached hydrogens (tertiary/aromatic N) is 1. The summed E-state index contributed by atoms with van der Waals surface area (Å²) in [5.74, 6) is 0.0555. The maximum atomic E-state index is 13.3. The number of esters is 1. The molecule has 0 unspecified atom stereocenters. The number of benzene rings is 3. The second-order valence-electron chi connectivity index (χ2n) is 12.6. The van der Waals surface area contributed by atoms with E-state index in [1.165, 1.54) is 12.7 Å². The molecule has 1 aliphatic carbocycles. The fraction of sp³-hybridized carbons (Fsp3) is 0.389. The average Bonchev–Trinajstić information content (AvgIpc) is 3.54. The van der Waals surface area contributed by atoms with Crippen molar-refractivity contribution in [3.05, 3.63) is 101 Å². The van der Waals surface area contributed by atoms with E-state index in [-0.39, 0.29) is 24.3 Å². The minimum absolute atomic E-state index is 0.0688. The molecule has 10 nitrogen and oxygen atoms in total. The first-order valence-corrected chi connectivity index (χ1v) is 15.6. The van der Waals surface area contributed by atoms with Gasteiger partial charge in [0.1, 0.15) is 18.0 Å². The Morgan fingerprint density at radius 3 is 2.41 bits per heavy atom. The van der Waals surface area contributed by atoms with E-state index in [2.05, 4.69) is 27.9 Å². The molecule has 0 saturated carbocycles. The lowest BCUT2D eigenvalue weighted by Crippen LogP contribution is -2.45. The molecule has 1 aliphatic heterocycles. The molecule has 0 spiro atoms. The van der Waals surface area contributed by atoms with Crippen LogP contribution in [0.15, 0.2) is 78.0 Å². The highest BCUT2D eigenvalue weighted by Crippen LogP contribution is 2.30. The number of hydrogen-bond donors (Lipinski definition) is 2. The lowest BCUT2D eigenvalue weighted by Gasteiger charge is -2.27. The van der Waals surface area contributed by atoms with Gasteiger partial charge in [-0.05, 0) is 93.0 Å². The lowest BCUT2D eigenvalue weighted by atomic mass is 9.87. The minimum atomic E-state index is -0.788. The van der Waals surface area contributed by atoms with Crippen molar-refractivity contribution in [2.75, 3.05) is 7.11 Å². The SMILES string of the molecule is COC(=O)c1ccc(COc2ccc(C[C@H](NC(=O)OC(C)(C)C)C3=NO[C@H](C(=O)N[C@@H]4CCCc5ccccc54)C3)cc2)cc1. The molecule has 10 heteroatoms. The van der Waals surface area contributed by atoms with Crippen LogP contribution in [0, 0.1) is 0 Å². The molecule has 0 fully saturated rings. The standard InChI is InChI=1S/C36H41N3O7/c1-36(2,3)45-35(42)38-30(20-23-14-18-27(19-15-23)44-22-24-12-16-26(17-13-24)34(41)43-4)31-21-32(46-39-31)33(40)37-29-11-7-9-25-8-5-6-10-28(25)29/h5-6,8,10,12-19,29-30,32H,7,9,11,20-22H2,1-4H3,(H,37,40)(H,38,42)/t29-,30+,32+/m1/s1. The topological polar surface area (TPSA) is 125 Å². The molecule has 2 aliphatic rings. The lowest BCUT2D eigenvalue weighted by molar-refractivity contribution is -0.132. The molecule has 46 heavy (non-hydrogen) atoms. The number of rotatable bonds is 10. The fourth-order valence-electron chi connectivity index (χ4n) is 5.59. The van der Waals surface area contributed by atoms with Gasteiger partial charge in [0.25, 0.3) is 5.91 Å². The van der Waals surface area contributed by atoms with Gasteiger partial charge < -0.3 is 29.7 Å². The van der Waals surface area contributed by atoms with Gasteiger partial charge in [0.15, 0.2) is 0 Å². The number of carbonyl (C=O) groups excluding carboxylic acids is 3. The second kappa shape index (κ2) is 14.5. The van der Waals surface area contributed by atoms with E-state index in [9.17, 15) is 14.4 Å². The monoisotopic (exact) mass is 627 g/mol. The summed E-state index contributed by atoms with van der Waals surface area (Å²) in [5.41, 5.74) is 4.59. The molecule has 2 N–H and O–H groups in total. The van der Waals surface area contributed by atoms with Crippen LogP contribution in [0.5, 0.6) is 5.75 Å². The van der Waals surface area contributed by atoms with E-state index in [0.29, 0.717) is 30.1 Å². The summed E-state index contributed by atoms with van der Waals surface area (Å²) >= 11 is 0. The van der Waals surface area contributed by atoms with Gasteiger partial charge in [-0.15, -0.1) is 0 Å². The first-order valence-electron chi connectivity index (χ1n) is 15.6. The molecule has 0 aromatic heterocycles. The molecule has 1 heterocycles. The van der Waals surface area contributed by atoms with E-state index in [4.69, 9.17) is 19.0 Å². The van der Waals surface area contributed by atoms with Crippen molar-refractivity contribution in [1.29, 1.82) is 0 Å². The van der Waals surface area contributed by atoms with Gasteiger partial charge in [-0.2, -0.15) is 0 Å². The van der Waals surface area contributed by atoms with E-state index in [0.717, 1.165) is 36.0 Å². The highest BCUT2D eigenvalue weighted by molar-refractivity contribution is 5.97. The number of methoxy groups -OCH3 is 1. The first kappa shape index (κ1) is 32.5. The van der Waals surface area contributed by atoms with Crippen molar-refractivity contribution in [2.24, 2.45) is 5.16 Å². The van der Waals surface area contributed by atoms with E-state index < -0.39 is 23.8 Å². The quantitative estimate of drug-likeness (QED) is 0.271. The molecular formula is C36H41N3O7. The third-order valence-electron chi connectivity index (χ3n) is 7.91.